The average molecular weight is 414 g/mol. The molecule has 0 bridgehead atoms. The SMILES string of the molecule is COC(=O)[C@H](Cc1c[nH]c2ccccc12)NC(=O)CN[C@@H](C)c1ccc(Cl)cc1. The summed E-state index contributed by atoms with van der Waals surface area (Å²) in [5.41, 5.74) is 2.94. The zero-order valence-electron chi connectivity index (χ0n) is 16.4. The van der Waals surface area contributed by atoms with Crippen molar-refractivity contribution < 1.29 is 14.3 Å². The maximum absolute atomic E-state index is 12.4. The maximum atomic E-state index is 12.4. The lowest BCUT2D eigenvalue weighted by Gasteiger charge is -2.18. The minimum atomic E-state index is -0.764. The van der Waals surface area contributed by atoms with Crippen LogP contribution in [0.15, 0.2) is 54.7 Å². The molecule has 0 aliphatic carbocycles. The van der Waals surface area contributed by atoms with Gasteiger partial charge in [-0.1, -0.05) is 41.9 Å². The molecule has 0 spiro atoms. The van der Waals surface area contributed by atoms with Gasteiger partial charge in [-0.15, -0.1) is 0 Å². The first-order valence-electron chi connectivity index (χ1n) is 9.39. The Kier molecular flexibility index (Phi) is 6.90. The first-order chi connectivity index (χ1) is 14.0. The van der Waals surface area contributed by atoms with Crippen molar-refractivity contribution >= 4 is 34.4 Å². The van der Waals surface area contributed by atoms with Crippen molar-refractivity contribution in [3.05, 3.63) is 70.9 Å². The van der Waals surface area contributed by atoms with Crippen LogP contribution in [0, 0.1) is 0 Å². The second-order valence-electron chi connectivity index (χ2n) is 6.86. The number of ether oxygens (including phenoxy) is 1. The molecular formula is C22H24ClN3O3. The van der Waals surface area contributed by atoms with Crippen LogP contribution in [0.4, 0.5) is 0 Å². The highest BCUT2D eigenvalue weighted by atomic mass is 35.5. The number of hydrogen-bond acceptors (Lipinski definition) is 4. The van der Waals surface area contributed by atoms with E-state index >= 15 is 0 Å². The van der Waals surface area contributed by atoms with Crippen molar-refractivity contribution in [2.24, 2.45) is 0 Å². The van der Waals surface area contributed by atoms with Gasteiger partial charge in [-0.25, -0.2) is 4.79 Å². The second-order valence-corrected chi connectivity index (χ2v) is 7.30. The number of fused-ring (bicyclic) bond motifs is 1. The molecule has 3 N–H and O–H groups in total. The summed E-state index contributed by atoms with van der Waals surface area (Å²) in [7, 11) is 1.32. The molecule has 6 nitrogen and oxygen atoms in total. The number of methoxy groups -OCH3 is 1. The zero-order chi connectivity index (χ0) is 20.8. The number of halogens is 1. The highest BCUT2D eigenvalue weighted by Crippen LogP contribution is 2.19. The number of benzene rings is 2. The summed E-state index contributed by atoms with van der Waals surface area (Å²) in [6, 6.07) is 14.5. The van der Waals surface area contributed by atoms with E-state index in [0.717, 1.165) is 22.0 Å². The quantitative estimate of drug-likeness (QED) is 0.494. The lowest BCUT2D eigenvalue weighted by Crippen LogP contribution is -2.46. The molecule has 0 saturated heterocycles. The lowest BCUT2D eigenvalue weighted by atomic mass is 10.0. The largest absolute Gasteiger partial charge is 0.467 e. The van der Waals surface area contributed by atoms with Gasteiger partial charge in [0.2, 0.25) is 5.91 Å². The van der Waals surface area contributed by atoms with Crippen molar-refractivity contribution in [1.82, 2.24) is 15.6 Å². The van der Waals surface area contributed by atoms with Gasteiger partial charge in [0.15, 0.2) is 0 Å². The first kappa shape index (κ1) is 20.9. The number of rotatable bonds is 8. The van der Waals surface area contributed by atoms with Crippen LogP contribution in [0.1, 0.15) is 24.1 Å². The number of nitrogens with one attached hydrogen (secondary N) is 3. The highest BCUT2D eigenvalue weighted by Gasteiger charge is 2.23. The molecule has 3 aromatic rings. The average Bonchev–Trinajstić information content (AvgIpc) is 3.14. The highest BCUT2D eigenvalue weighted by molar-refractivity contribution is 6.30. The Balaban J connectivity index is 1.61. The number of hydrogen-bond donors (Lipinski definition) is 3. The fraction of sp³-hybridized carbons (Fsp3) is 0.273. The third-order valence-electron chi connectivity index (χ3n) is 4.86. The van der Waals surface area contributed by atoms with E-state index in [1.54, 1.807) is 0 Å². The van der Waals surface area contributed by atoms with Gasteiger partial charge < -0.3 is 20.4 Å². The lowest BCUT2D eigenvalue weighted by molar-refractivity contribution is -0.144. The predicted molar refractivity (Wildman–Crippen MR) is 114 cm³/mol. The molecule has 2 aromatic carbocycles. The van der Waals surface area contributed by atoms with Crippen LogP contribution in [-0.2, 0) is 20.7 Å². The molecule has 29 heavy (non-hydrogen) atoms. The number of amides is 1. The summed E-state index contributed by atoms with van der Waals surface area (Å²) in [4.78, 5) is 27.8. The van der Waals surface area contributed by atoms with Crippen LogP contribution in [0.25, 0.3) is 10.9 Å². The van der Waals surface area contributed by atoms with E-state index in [1.807, 2.05) is 61.7 Å². The minimum Gasteiger partial charge on any atom is -0.467 e. The molecule has 0 unspecified atom stereocenters. The smallest absolute Gasteiger partial charge is 0.328 e. The Morgan fingerprint density at radius 3 is 2.59 bits per heavy atom. The van der Waals surface area contributed by atoms with Crippen LogP contribution in [-0.4, -0.2) is 36.6 Å². The number of aromatic amines is 1. The number of carbonyl (C=O) groups is 2. The number of H-pyrrole nitrogens is 1. The van der Waals surface area contributed by atoms with Gasteiger partial charge in [-0.2, -0.15) is 0 Å². The summed E-state index contributed by atoms with van der Waals surface area (Å²) >= 11 is 5.91. The van der Waals surface area contributed by atoms with E-state index in [2.05, 4.69) is 15.6 Å². The molecule has 0 radical (unpaired) electrons. The van der Waals surface area contributed by atoms with Crippen molar-refractivity contribution in [3.63, 3.8) is 0 Å². The van der Waals surface area contributed by atoms with Crippen LogP contribution in [0.5, 0.6) is 0 Å². The normalized spacial score (nSPS) is 13.1. The fourth-order valence-electron chi connectivity index (χ4n) is 3.22. The Morgan fingerprint density at radius 1 is 1.14 bits per heavy atom. The van der Waals surface area contributed by atoms with E-state index in [4.69, 9.17) is 16.3 Å². The maximum Gasteiger partial charge on any atom is 0.328 e. The van der Waals surface area contributed by atoms with Crippen molar-refractivity contribution in [2.45, 2.75) is 25.4 Å². The van der Waals surface area contributed by atoms with Crippen LogP contribution < -0.4 is 10.6 Å². The number of esters is 1. The van der Waals surface area contributed by atoms with E-state index in [9.17, 15) is 9.59 Å². The summed E-state index contributed by atoms with van der Waals surface area (Å²) < 4.78 is 4.88. The zero-order valence-corrected chi connectivity index (χ0v) is 17.1. The third kappa shape index (κ3) is 5.37. The van der Waals surface area contributed by atoms with Gasteiger partial charge >= 0.3 is 5.97 Å². The van der Waals surface area contributed by atoms with Gasteiger partial charge in [0, 0.05) is 34.6 Å². The van der Waals surface area contributed by atoms with Crippen molar-refractivity contribution in [1.29, 1.82) is 0 Å². The van der Waals surface area contributed by atoms with E-state index in [-0.39, 0.29) is 18.5 Å². The molecule has 1 amide bonds. The third-order valence-corrected chi connectivity index (χ3v) is 5.11. The molecule has 7 heteroatoms. The molecule has 0 aliphatic heterocycles. The topological polar surface area (TPSA) is 83.2 Å². The van der Waals surface area contributed by atoms with Gasteiger partial charge in [0.05, 0.1) is 13.7 Å². The van der Waals surface area contributed by atoms with Gasteiger partial charge in [0.1, 0.15) is 6.04 Å². The number of carbonyl (C=O) groups excluding carboxylic acids is 2. The monoisotopic (exact) mass is 413 g/mol. The molecular weight excluding hydrogens is 390 g/mol. The van der Waals surface area contributed by atoms with Gasteiger partial charge in [-0.05, 0) is 36.2 Å². The van der Waals surface area contributed by atoms with Gasteiger partial charge in [-0.3, -0.25) is 4.79 Å². The van der Waals surface area contributed by atoms with Crippen molar-refractivity contribution in [2.75, 3.05) is 13.7 Å². The predicted octanol–water partition coefficient (Wildman–Crippen LogP) is 3.37. The van der Waals surface area contributed by atoms with E-state index < -0.39 is 12.0 Å². The molecule has 0 saturated carbocycles. The van der Waals surface area contributed by atoms with Crippen LogP contribution >= 0.6 is 11.6 Å². The Hall–Kier alpha value is -2.83. The molecule has 3 rings (SSSR count). The summed E-state index contributed by atoms with van der Waals surface area (Å²) in [6.07, 6.45) is 2.20. The minimum absolute atomic E-state index is 0.0387. The molecule has 1 aromatic heterocycles. The molecule has 2 atom stereocenters. The summed E-state index contributed by atoms with van der Waals surface area (Å²) in [5, 5.41) is 7.61. The second kappa shape index (κ2) is 9.58. The molecule has 152 valence electrons. The number of para-hydroxylation sites is 1. The first-order valence-corrected chi connectivity index (χ1v) is 9.76. The summed E-state index contributed by atoms with van der Waals surface area (Å²) in [6.45, 7) is 2.03. The molecule has 0 fully saturated rings. The number of aromatic nitrogens is 1. The van der Waals surface area contributed by atoms with E-state index in [0.29, 0.717) is 11.4 Å². The van der Waals surface area contributed by atoms with E-state index in [1.165, 1.54) is 7.11 Å². The van der Waals surface area contributed by atoms with Crippen molar-refractivity contribution in [3.8, 4) is 0 Å². The van der Waals surface area contributed by atoms with Crippen LogP contribution in [0.3, 0.4) is 0 Å². The summed E-state index contributed by atoms with van der Waals surface area (Å²) in [5.74, 6) is -0.754. The molecule has 1 heterocycles. The standard InChI is InChI=1S/C22H24ClN3O3/c1-14(15-7-9-17(23)10-8-15)24-13-21(27)26-20(22(28)29-2)11-16-12-25-19-6-4-3-5-18(16)19/h3-10,12,14,20,24-25H,11,13H2,1-2H3,(H,26,27)/t14-,20-/m0/s1. The Bertz CT molecular complexity index is 984. The molecule has 0 aliphatic rings. The van der Waals surface area contributed by atoms with Crippen LogP contribution in [0.2, 0.25) is 5.02 Å². The van der Waals surface area contributed by atoms with Gasteiger partial charge in [0.25, 0.3) is 0 Å². The Morgan fingerprint density at radius 2 is 1.86 bits per heavy atom. The fourth-order valence-corrected chi connectivity index (χ4v) is 3.34. The Labute approximate surface area is 174 Å².